The van der Waals surface area contributed by atoms with Crippen LogP contribution < -0.4 is 40.4 Å². The Labute approximate surface area is 916 Å². The number of halogens is 2. The molecule has 0 saturated carbocycles. The van der Waals surface area contributed by atoms with Crippen molar-refractivity contribution in [3.8, 4) is 0 Å². The number of quaternary nitrogens is 1. The van der Waals surface area contributed by atoms with Gasteiger partial charge in [-0.05, 0) is 220 Å². The van der Waals surface area contributed by atoms with E-state index >= 15 is 0 Å². The number of aliphatic hydroxyl groups is 1. The Hall–Kier alpha value is -7.20. The van der Waals surface area contributed by atoms with Gasteiger partial charge in [-0.3, -0.25) is 29.5 Å². The molecule has 3 aliphatic rings. The highest BCUT2D eigenvalue weighted by Crippen LogP contribution is 2.29. The predicted molar refractivity (Wildman–Crippen MR) is 657 cm³/mol. The second kappa shape index (κ2) is 127. The summed E-state index contributed by atoms with van der Waals surface area (Å²) >= 11 is 0. The van der Waals surface area contributed by atoms with E-state index in [9.17, 15) is 9.59 Å². The zero-order chi connectivity index (χ0) is 86.1. The maximum Gasteiger partial charge on any atom is 0.243 e. The van der Waals surface area contributed by atoms with Gasteiger partial charge < -0.3 is 69.0 Å². The molecule has 8 aromatic rings. The minimum atomic E-state index is 0. The molecule has 11 rings (SSSR count). The van der Waals surface area contributed by atoms with Gasteiger partial charge in [0.05, 0.1) is 52.9 Å². The normalized spacial score (nSPS) is 13.8. The summed E-state index contributed by atoms with van der Waals surface area (Å²) in [5, 5.41) is 11.9. The SMILES string of the molecule is C.C.C.C.C.C.C.C.C.C.C.C.C.C.C.C.C.C.C.C.C.C.C.C.C.C.CC1C[N+](C)(C)CC1C.CCC(C)CN.CCC(C)c1ccccn1.CCC(C)c1cccnc1.CCC(C)c1ccncc1.CCC(C)n1cc[n+](C)c1.CCC(C)n1ccnc1.CCC(C)n1ccnc1CO.CCC(CC(C)c1ccncc1)N1CCCC1=O.CCC(CC(C)n1ccnc1)N1CCCC1=O.CCCNC.[Cl-].[Cl-]. The first-order valence-corrected chi connectivity index (χ1v) is 44.0. The number of aromatic nitrogens is 12. The molecule has 22 heteroatoms. The van der Waals surface area contributed by atoms with E-state index in [4.69, 9.17) is 10.8 Å². The van der Waals surface area contributed by atoms with Crippen molar-refractivity contribution in [2.45, 2.75) is 508 Å². The van der Waals surface area contributed by atoms with Gasteiger partial charge >= 0.3 is 0 Å². The lowest BCUT2D eigenvalue weighted by Crippen LogP contribution is -3.00. The number of aliphatic hydroxyl groups excluding tert-OH is 1. The Morgan fingerprint density at radius 1 is 0.427 bits per heavy atom. The number of imidazole rings is 4. The molecule has 3 fully saturated rings. The van der Waals surface area contributed by atoms with Crippen LogP contribution in [0.2, 0.25) is 0 Å². The molecule has 11 heterocycles. The second-order valence-electron chi connectivity index (χ2n) is 32.6. The molecule has 4 N–H and O–H groups in total. The Balaban J connectivity index is -0.0000000389. The molecule has 870 valence electrons. The van der Waals surface area contributed by atoms with Crippen molar-refractivity contribution in [2.75, 3.05) is 60.4 Å². The van der Waals surface area contributed by atoms with E-state index in [-0.39, 0.29) is 225 Å². The minimum Gasteiger partial charge on any atom is -1.00 e. The highest BCUT2D eigenvalue weighted by molar-refractivity contribution is 5.78. The average Bonchev–Trinajstić information content (AvgIpc) is 1.72. The number of nitrogens with one attached hydrogen (secondary N) is 1. The lowest BCUT2D eigenvalue weighted by Gasteiger charge is -2.29. The largest absolute Gasteiger partial charge is 1.00 e. The molecule has 143 heavy (non-hydrogen) atoms. The van der Waals surface area contributed by atoms with Crippen molar-refractivity contribution >= 4 is 11.8 Å². The van der Waals surface area contributed by atoms with Gasteiger partial charge in [0.2, 0.25) is 18.1 Å². The van der Waals surface area contributed by atoms with E-state index in [0.717, 1.165) is 114 Å². The molecule has 8 aromatic heterocycles. The zero-order valence-electron chi connectivity index (χ0n) is 77.7. The van der Waals surface area contributed by atoms with Crippen LogP contribution in [0.15, 0.2) is 167 Å². The number of pyridine rings is 4. The topological polar surface area (TPSA) is 213 Å². The van der Waals surface area contributed by atoms with Crippen molar-refractivity contribution < 1.29 is 48.6 Å². The third-order valence-corrected chi connectivity index (χ3v) is 22.8. The number of carbonyl (C=O) groups is 2. The van der Waals surface area contributed by atoms with Gasteiger partial charge in [0.1, 0.15) is 24.8 Å². The van der Waals surface area contributed by atoms with Crippen LogP contribution in [0.4, 0.5) is 0 Å². The first kappa shape index (κ1) is 212. The van der Waals surface area contributed by atoms with Gasteiger partial charge in [-0.2, -0.15) is 0 Å². The highest BCUT2D eigenvalue weighted by atomic mass is 35.5. The standard InChI is InChI=1S/C15H22N2O.C13H21N3O.3C9H13N.C8H14N2O.C8H15N2.C8H18N.C7H12N2.C5H13N.C4H11N.26CH4.2ClH/c1-3-14(17-10-4-5-15(17)18)11-12(2)13-6-8-16-9-7-13;1-3-12(16-7-4-5-13(16)17)9-11(2)15-8-6-14-10-15;1-3-8(2)9-4-6-10-7-5-9;1-3-8(2)9-5-4-6-10-7-9;1-3-8(2)9-6-4-5-7-10-9;1-3-7(2)10-5-4-9-8(10)6-11;1-4-8(2)10-6-5-9(3)7-10;1-7-5-9(3,4)6-8(7)2;1-3-7(2)9-5-4-8-6-9;1-3-5(2)4-6;1-3-4-5-2;;;;;;;;;;;;;;;;;;;;;;;;;;;;/h6-9,12,14H,3-5,10-11H2,1-2H3;6,8,10-12H,3-5,7,9H2,1-2H3;3*4-8H,3H2,1-2H3;4-5,7,11H,3,6H2,1-2H3;5-8H,4H2,1-3H3;7-8H,5-6H2,1-4H3;4-7H,3H2,1-2H3;5H,3-4,6H2,1-2H3;5H,3-4H2,1-2H3;26*1H4;2*1H/q;;;;;;2*+1;;;;;;;;;;;;;;;;;;;;;;;;;;;;;;;/p-2. The van der Waals surface area contributed by atoms with Crippen molar-refractivity contribution in [1.82, 2.24) is 68.3 Å². The molecule has 0 aliphatic carbocycles. The number of rotatable bonds is 27. The van der Waals surface area contributed by atoms with Gasteiger partial charge in [0.15, 0.2) is 0 Å². The number of nitrogens with zero attached hydrogens (tertiary/aromatic N) is 15. The molecular formula is C121H269Cl2N17O3. The summed E-state index contributed by atoms with van der Waals surface area (Å²) < 4.78 is 11.7. The lowest BCUT2D eigenvalue weighted by molar-refractivity contribution is -0.880. The van der Waals surface area contributed by atoms with Crippen LogP contribution in [0.25, 0.3) is 0 Å². The molecule has 3 saturated heterocycles. The first-order valence-electron chi connectivity index (χ1n) is 44.0. The molecule has 0 aromatic carbocycles. The van der Waals surface area contributed by atoms with Crippen LogP contribution in [0, 0.1) is 17.8 Å². The van der Waals surface area contributed by atoms with Gasteiger partial charge in [0.25, 0.3) is 0 Å². The van der Waals surface area contributed by atoms with Crippen molar-refractivity contribution in [3.05, 3.63) is 195 Å². The van der Waals surface area contributed by atoms with Crippen LogP contribution in [0.5, 0.6) is 0 Å². The van der Waals surface area contributed by atoms with Crippen LogP contribution in [-0.4, -0.2) is 157 Å². The smallest absolute Gasteiger partial charge is 0.243 e. The molecule has 13 unspecified atom stereocenters. The summed E-state index contributed by atoms with van der Waals surface area (Å²) in [5.41, 5.74) is 10.5. The average molecular weight is 2080 g/mol. The van der Waals surface area contributed by atoms with Crippen molar-refractivity contribution in [3.63, 3.8) is 0 Å². The number of nitrogens with two attached hydrogens (primary N) is 1. The van der Waals surface area contributed by atoms with E-state index in [1.165, 1.54) is 72.1 Å². The van der Waals surface area contributed by atoms with Gasteiger partial charge in [-0.15, -0.1) is 0 Å². The number of hydrogen-bond acceptors (Lipinski definition) is 12. The highest BCUT2D eigenvalue weighted by Gasteiger charge is 2.34. The maximum atomic E-state index is 11.8. The van der Waals surface area contributed by atoms with E-state index in [0.29, 0.717) is 77.7 Å². The fraction of sp³-hybridized carbons (Fsp3) is 0.719. The van der Waals surface area contributed by atoms with Crippen LogP contribution in [-0.2, 0) is 23.2 Å². The summed E-state index contributed by atoms with van der Waals surface area (Å²) in [7, 11) is 8.64. The Morgan fingerprint density at radius 3 is 1.12 bits per heavy atom. The number of carbonyl (C=O) groups excluding carboxylic acids is 2. The number of aryl methyl sites for hydroxylation is 1. The Bertz CT molecular complexity index is 3430. The monoisotopic (exact) mass is 2080 g/mol. The van der Waals surface area contributed by atoms with Crippen molar-refractivity contribution in [2.24, 2.45) is 30.5 Å². The Morgan fingerprint density at radius 2 is 0.832 bits per heavy atom. The van der Waals surface area contributed by atoms with Gasteiger partial charge in [0, 0.05) is 154 Å². The summed E-state index contributed by atoms with van der Waals surface area (Å²) in [6, 6.07) is 21.3. The van der Waals surface area contributed by atoms with Crippen molar-refractivity contribution in [1.29, 1.82) is 0 Å². The fourth-order valence-electron chi connectivity index (χ4n) is 13.3. The van der Waals surface area contributed by atoms with E-state index in [1.807, 2.05) is 118 Å². The number of likely N-dealkylation sites (tertiary alicyclic amines) is 3. The molecule has 0 radical (unpaired) electrons. The minimum absolute atomic E-state index is 0. The van der Waals surface area contributed by atoms with Crippen LogP contribution >= 0.6 is 0 Å². The quantitative estimate of drug-likeness (QED) is 0.0324. The first-order chi connectivity index (χ1) is 55.1. The molecule has 2 amide bonds. The number of hydrogen-bond donors (Lipinski definition) is 3. The summed E-state index contributed by atoms with van der Waals surface area (Å²) in [4.78, 5) is 56.1. The van der Waals surface area contributed by atoms with Crippen LogP contribution in [0.1, 0.15) is 517 Å². The molecule has 3 aliphatic heterocycles. The van der Waals surface area contributed by atoms with E-state index in [2.05, 4.69) is 283 Å². The lowest BCUT2D eigenvalue weighted by atomic mass is 9.93. The number of amides is 2. The summed E-state index contributed by atoms with van der Waals surface area (Å²) in [6.45, 7) is 52.8. The molecule has 0 spiro atoms. The summed E-state index contributed by atoms with van der Waals surface area (Å²) in [5.74, 6) is 6.38. The van der Waals surface area contributed by atoms with E-state index in [1.54, 1.807) is 12.4 Å². The second-order valence-corrected chi connectivity index (χ2v) is 32.6. The van der Waals surface area contributed by atoms with Gasteiger partial charge in [-0.1, -0.05) is 329 Å². The molecular weight excluding hydrogens is 1810 g/mol. The Kier molecular flexibility index (Phi) is 189. The molecule has 0 bridgehead atoms. The third kappa shape index (κ3) is 88.6. The van der Waals surface area contributed by atoms with Gasteiger partial charge in [-0.25, -0.2) is 24.1 Å². The zero-order valence-corrected chi connectivity index (χ0v) is 79.2. The summed E-state index contributed by atoms with van der Waals surface area (Å²) in [6.07, 6.45) is 51.2. The van der Waals surface area contributed by atoms with Crippen LogP contribution in [0.3, 0.4) is 0 Å². The molecule has 13 atom stereocenters. The fourth-order valence-corrected chi connectivity index (χ4v) is 13.3. The predicted octanol–water partition coefficient (Wildman–Crippen LogP) is 31.0. The van der Waals surface area contributed by atoms with E-state index < -0.39 is 0 Å². The maximum absolute atomic E-state index is 11.8. The third-order valence-electron chi connectivity index (χ3n) is 22.8. The molecule has 20 nitrogen and oxygen atoms in total.